The number of methoxy groups -OCH3 is 1. The maximum absolute atomic E-state index is 5.54. The lowest BCUT2D eigenvalue weighted by Crippen LogP contribution is -2.32. The highest BCUT2D eigenvalue weighted by Crippen LogP contribution is 2.19. The predicted octanol–water partition coefficient (Wildman–Crippen LogP) is 1.62. The van der Waals surface area contributed by atoms with Gasteiger partial charge in [-0.1, -0.05) is 12.1 Å². The molecule has 0 aliphatic rings. The number of benzene rings is 1. The zero-order chi connectivity index (χ0) is 12.0. The van der Waals surface area contributed by atoms with E-state index in [4.69, 9.17) is 15.3 Å². The molecule has 0 aliphatic carbocycles. The largest absolute Gasteiger partial charge is 0.497 e. The second kappa shape index (κ2) is 6.48. The Bertz CT molecular complexity index is 316. The lowest BCUT2D eigenvalue weighted by atomic mass is 10.1. The third-order valence-corrected chi connectivity index (χ3v) is 2.29. The van der Waals surface area contributed by atoms with Crippen LogP contribution in [0.3, 0.4) is 0 Å². The van der Waals surface area contributed by atoms with Gasteiger partial charge < -0.3 is 9.47 Å². The molecule has 1 atom stereocenters. The van der Waals surface area contributed by atoms with Gasteiger partial charge in [0.1, 0.15) is 5.75 Å². The highest BCUT2D eigenvalue weighted by Gasteiger charge is 2.11. The molecule has 0 aromatic heterocycles. The maximum Gasteiger partial charge on any atom is 0.119 e. The molecule has 0 saturated heterocycles. The molecule has 0 amide bonds. The van der Waals surface area contributed by atoms with Crippen molar-refractivity contribution < 1.29 is 9.47 Å². The Balaban J connectivity index is 2.70. The number of nitrogens with one attached hydrogen (secondary N) is 1. The van der Waals surface area contributed by atoms with Crippen LogP contribution in [0.15, 0.2) is 24.3 Å². The maximum atomic E-state index is 5.54. The van der Waals surface area contributed by atoms with Crippen LogP contribution in [0.4, 0.5) is 0 Å². The summed E-state index contributed by atoms with van der Waals surface area (Å²) in [7, 11) is 1.65. The van der Waals surface area contributed by atoms with E-state index in [0.717, 1.165) is 11.3 Å². The molecule has 0 fully saturated rings. The van der Waals surface area contributed by atoms with Crippen LogP contribution in [0.25, 0.3) is 0 Å². The normalized spacial score (nSPS) is 12.8. The number of hydrazine groups is 1. The summed E-state index contributed by atoms with van der Waals surface area (Å²) >= 11 is 0. The number of hydrogen-bond donors (Lipinski definition) is 2. The molecule has 0 heterocycles. The Kier molecular flexibility index (Phi) is 5.25. The SMILES string of the molecule is COc1cccc(C(COC(C)C)NN)c1. The molecule has 1 rings (SSSR count). The fourth-order valence-electron chi connectivity index (χ4n) is 1.39. The van der Waals surface area contributed by atoms with E-state index in [9.17, 15) is 0 Å². The van der Waals surface area contributed by atoms with Crippen molar-refractivity contribution >= 4 is 0 Å². The molecular formula is C12H20N2O2. The van der Waals surface area contributed by atoms with E-state index < -0.39 is 0 Å². The van der Waals surface area contributed by atoms with E-state index >= 15 is 0 Å². The molecule has 1 aromatic rings. The molecule has 4 nitrogen and oxygen atoms in total. The smallest absolute Gasteiger partial charge is 0.119 e. The van der Waals surface area contributed by atoms with Gasteiger partial charge in [-0.05, 0) is 31.5 Å². The first-order chi connectivity index (χ1) is 7.67. The Morgan fingerprint density at radius 3 is 2.69 bits per heavy atom. The number of nitrogens with two attached hydrogens (primary N) is 1. The molecule has 0 aliphatic heterocycles. The fraction of sp³-hybridized carbons (Fsp3) is 0.500. The highest BCUT2D eigenvalue weighted by molar-refractivity contribution is 5.30. The van der Waals surface area contributed by atoms with Gasteiger partial charge in [-0.15, -0.1) is 0 Å². The molecular weight excluding hydrogens is 204 g/mol. The summed E-state index contributed by atoms with van der Waals surface area (Å²) in [6.07, 6.45) is 0.196. The van der Waals surface area contributed by atoms with Gasteiger partial charge in [0.25, 0.3) is 0 Å². The molecule has 1 unspecified atom stereocenters. The monoisotopic (exact) mass is 224 g/mol. The predicted molar refractivity (Wildman–Crippen MR) is 64.1 cm³/mol. The van der Waals surface area contributed by atoms with Crippen LogP contribution in [-0.2, 0) is 4.74 Å². The van der Waals surface area contributed by atoms with Crippen LogP contribution in [0, 0.1) is 0 Å². The van der Waals surface area contributed by atoms with Gasteiger partial charge in [0, 0.05) is 0 Å². The average molecular weight is 224 g/mol. The third kappa shape index (κ3) is 3.81. The second-order valence-corrected chi connectivity index (χ2v) is 3.88. The Hall–Kier alpha value is -1.10. The average Bonchev–Trinajstić information content (AvgIpc) is 2.30. The standard InChI is InChI=1S/C12H20N2O2/c1-9(2)16-8-12(14-13)10-5-4-6-11(7-10)15-3/h4-7,9,12,14H,8,13H2,1-3H3. The van der Waals surface area contributed by atoms with Crippen LogP contribution in [-0.4, -0.2) is 19.8 Å². The summed E-state index contributed by atoms with van der Waals surface area (Å²) < 4.78 is 10.7. The minimum atomic E-state index is -0.0162. The molecule has 1 aromatic carbocycles. The quantitative estimate of drug-likeness (QED) is 0.569. The van der Waals surface area contributed by atoms with Crippen LogP contribution in [0.5, 0.6) is 5.75 Å². The highest BCUT2D eigenvalue weighted by atomic mass is 16.5. The number of hydrogen-bond acceptors (Lipinski definition) is 4. The molecule has 3 N–H and O–H groups in total. The summed E-state index contributed by atoms with van der Waals surface area (Å²) in [5.74, 6) is 6.33. The molecule has 16 heavy (non-hydrogen) atoms. The van der Waals surface area contributed by atoms with E-state index in [1.165, 1.54) is 0 Å². The summed E-state index contributed by atoms with van der Waals surface area (Å²) in [5, 5.41) is 0. The van der Waals surface area contributed by atoms with Gasteiger partial charge in [-0.25, -0.2) is 0 Å². The molecule has 4 heteroatoms. The zero-order valence-corrected chi connectivity index (χ0v) is 10.1. The lowest BCUT2D eigenvalue weighted by Gasteiger charge is -2.18. The second-order valence-electron chi connectivity index (χ2n) is 3.88. The van der Waals surface area contributed by atoms with Crippen LogP contribution >= 0.6 is 0 Å². The molecule has 0 radical (unpaired) electrons. The van der Waals surface area contributed by atoms with Crippen molar-refractivity contribution in [3.8, 4) is 5.75 Å². The van der Waals surface area contributed by atoms with E-state index in [2.05, 4.69) is 5.43 Å². The summed E-state index contributed by atoms with van der Waals surface area (Å²) in [6.45, 7) is 4.54. The van der Waals surface area contributed by atoms with Crippen LogP contribution < -0.4 is 16.0 Å². The van der Waals surface area contributed by atoms with Crippen molar-refractivity contribution in [3.05, 3.63) is 29.8 Å². The van der Waals surface area contributed by atoms with Gasteiger partial charge >= 0.3 is 0 Å². The first-order valence-electron chi connectivity index (χ1n) is 5.39. The van der Waals surface area contributed by atoms with E-state index in [0.29, 0.717) is 6.61 Å². The van der Waals surface area contributed by atoms with Gasteiger partial charge in [-0.2, -0.15) is 0 Å². The van der Waals surface area contributed by atoms with Crippen LogP contribution in [0.1, 0.15) is 25.5 Å². The topological polar surface area (TPSA) is 56.5 Å². The van der Waals surface area contributed by atoms with Crippen LogP contribution in [0.2, 0.25) is 0 Å². The van der Waals surface area contributed by atoms with Gasteiger partial charge in [0.2, 0.25) is 0 Å². The summed E-state index contributed by atoms with van der Waals surface area (Å²) in [4.78, 5) is 0. The molecule has 0 saturated carbocycles. The third-order valence-electron chi connectivity index (χ3n) is 2.29. The van der Waals surface area contributed by atoms with Crippen molar-refractivity contribution in [2.24, 2.45) is 5.84 Å². The Morgan fingerprint density at radius 1 is 1.38 bits per heavy atom. The first-order valence-corrected chi connectivity index (χ1v) is 5.39. The van der Waals surface area contributed by atoms with Crippen molar-refractivity contribution in [2.45, 2.75) is 26.0 Å². The summed E-state index contributed by atoms with van der Waals surface area (Å²) in [6, 6.07) is 7.77. The van der Waals surface area contributed by atoms with Gasteiger partial charge in [-0.3, -0.25) is 11.3 Å². The van der Waals surface area contributed by atoms with E-state index in [1.54, 1.807) is 7.11 Å². The van der Waals surface area contributed by atoms with E-state index in [-0.39, 0.29) is 12.1 Å². The van der Waals surface area contributed by atoms with Gasteiger partial charge in [0.05, 0.1) is 25.9 Å². The minimum Gasteiger partial charge on any atom is -0.497 e. The number of ether oxygens (including phenoxy) is 2. The fourth-order valence-corrected chi connectivity index (χ4v) is 1.39. The molecule has 0 spiro atoms. The molecule has 90 valence electrons. The van der Waals surface area contributed by atoms with Crippen molar-refractivity contribution in [2.75, 3.05) is 13.7 Å². The van der Waals surface area contributed by atoms with E-state index in [1.807, 2.05) is 38.1 Å². The van der Waals surface area contributed by atoms with Crippen molar-refractivity contribution in [3.63, 3.8) is 0 Å². The minimum absolute atomic E-state index is 0.0162. The lowest BCUT2D eigenvalue weighted by molar-refractivity contribution is 0.0611. The number of rotatable bonds is 6. The van der Waals surface area contributed by atoms with Gasteiger partial charge in [0.15, 0.2) is 0 Å². The summed E-state index contributed by atoms with van der Waals surface area (Å²) in [5.41, 5.74) is 3.80. The molecule has 0 bridgehead atoms. The van der Waals surface area contributed by atoms with Crippen molar-refractivity contribution in [1.82, 2.24) is 5.43 Å². The Labute approximate surface area is 96.7 Å². The Morgan fingerprint density at radius 2 is 2.12 bits per heavy atom. The van der Waals surface area contributed by atoms with Crippen molar-refractivity contribution in [1.29, 1.82) is 0 Å². The first kappa shape index (κ1) is 13.0. The zero-order valence-electron chi connectivity index (χ0n) is 10.1.